The second-order valence-corrected chi connectivity index (χ2v) is 4.41. The van der Waals surface area contributed by atoms with E-state index in [1.807, 2.05) is 12.1 Å². The first-order valence-corrected chi connectivity index (χ1v) is 5.77. The molecule has 0 unspecified atom stereocenters. The molecule has 0 N–H and O–H groups in total. The van der Waals surface area contributed by atoms with Gasteiger partial charge in [-0.15, -0.1) is 0 Å². The van der Waals surface area contributed by atoms with E-state index in [1.54, 1.807) is 7.11 Å². The van der Waals surface area contributed by atoms with Crippen LogP contribution in [-0.2, 0) is 0 Å². The number of hydrogen-bond donors (Lipinski definition) is 0. The fourth-order valence-electron chi connectivity index (χ4n) is 1.67. The lowest BCUT2D eigenvalue weighted by atomic mass is 10.0. The Morgan fingerprint density at radius 2 is 1.76 bits per heavy atom. The number of aryl methyl sites for hydroxylation is 2. The summed E-state index contributed by atoms with van der Waals surface area (Å²) in [6, 6.07) is 10.0. The van der Waals surface area contributed by atoms with Gasteiger partial charge in [-0.3, -0.25) is 0 Å². The van der Waals surface area contributed by atoms with Crippen molar-refractivity contribution in [1.29, 1.82) is 0 Å². The normalized spacial score (nSPS) is 10.4. The molecule has 0 saturated heterocycles. The van der Waals surface area contributed by atoms with E-state index in [0.717, 1.165) is 11.1 Å². The number of benzene rings is 1. The average molecular weight is 248 g/mol. The first kappa shape index (κ1) is 11.9. The van der Waals surface area contributed by atoms with E-state index in [1.165, 1.54) is 11.1 Å². The van der Waals surface area contributed by atoms with E-state index in [0.29, 0.717) is 11.0 Å². The molecule has 2 nitrogen and oxygen atoms in total. The smallest absolute Gasteiger partial charge is 0.214 e. The summed E-state index contributed by atoms with van der Waals surface area (Å²) in [5.74, 6) is 0.533. The van der Waals surface area contributed by atoms with E-state index in [-0.39, 0.29) is 0 Å². The van der Waals surface area contributed by atoms with Crippen molar-refractivity contribution in [2.24, 2.45) is 0 Å². The van der Waals surface area contributed by atoms with Crippen LogP contribution >= 0.6 is 11.6 Å². The Morgan fingerprint density at radius 1 is 1.00 bits per heavy atom. The van der Waals surface area contributed by atoms with E-state index in [4.69, 9.17) is 16.3 Å². The van der Waals surface area contributed by atoms with Gasteiger partial charge in [0.05, 0.1) is 7.11 Å². The van der Waals surface area contributed by atoms with Crippen LogP contribution in [0.5, 0.6) is 5.88 Å². The molecule has 1 aromatic carbocycles. The van der Waals surface area contributed by atoms with E-state index < -0.39 is 0 Å². The molecule has 0 aliphatic carbocycles. The fraction of sp³-hybridized carbons (Fsp3) is 0.214. The minimum absolute atomic E-state index is 0.442. The van der Waals surface area contributed by atoms with Crippen molar-refractivity contribution in [2.45, 2.75) is 13.8 Å². The molecule has 17 heavy (non-hydrogen) atoms. The summed E-state index contributed by atoms with van der Waals surface area (Å²) in [6.45, 7) is 4.19. The van der Waals surface area contributed by atoms with E-state index >= 15 is 0 Å². The van der Waals surface area contributed by atoms with Crippen LogP contribution in [0.2, 0.25) is 5.15 Å². The van der Waals surface area contributed by atoms with Crippen LogP contribution in [0.25, 0.3) is 11.1 Å². The highest BCUT2D eigenvalue weighted by Gasteiger charge is 2.05. The van der Waals surface area contributed by atoms with Crippen LogP contribution in [0.3, 0.4) is 0 Å². The summed E-state index contributed by atoms with van der Waals surface area (Å²) < 4.78 is 5.12. The molecule has 3 heteroatoms. The van der Waals surface area contributed by atoms with Crippen LogP contribution in [-0.4, -0.2) is 12.1 Å². The average Bonchev–Trinajstić information content (AvgIpc) is 2.32. The topological polar surface area (TPSA) is 22.1 Å². The van der Waals surface area contributed by atoms with Crippen LogP contribution in [0.15, 0.2) is 30.3 Å². The van der Waals surface area contributed by atoms with Crippen LogP contribution in [0.1, 0.15) is 11.1 Å². The first-order chi connectivity index (χ1) is 8.10. The standard InChI is InChI=1S/C14H14ClNO/c1-9-4-5-11(6-10(9)2)12-7-13(15)16-14(8-12)17-3/h4-8H,1-3H3. The SMILES string of the molecule is COc1cc(-c2ccc(C)c(C)c2)cc(Cl)n1. The Balaban J connectivity index is 2.52. The molecule has 0 radical (unpaired) electrons. The van der Waals surface area contributed by atoms with Gasteiger partial charge in [-0.05, 0) is 42.2 Å². The third-order valence-corrected chi connectivity index (χ3v) is 3.01. The maximum Gasteiger partial charge on any atom is 0.214 e. The monoisotopic (exact) mass is 247 g/mol. The maximum atomic E-state index is 5.96. The minimum atomic E-state index is 0.442. The quantitative estimate of drug-likeness (QED) is 0.748. The van der Waals surface area contributed by atoms with Gasteiger partial charge in [0.15, 0.2) is 0 Å². The van der Waals surface area contributed by atoms with Crippen molar-refractivity contribution in [2.75, 3.05) is 7.11 Å². The Kier molecular flexibility index (Phi) is 3.34. The highest BCUT2D eigenvalue weighted by atomic mass is 35.5. The van der Waals surface area contributed by atoms with Crippen molar-refractivity contribution >= 4 is 11.6 Å². The summed E-state index contributed by atoms with van der Waals surface area (Å²) in [6.07, 6.45) is 0. The molecule has 2 aromatic rings. The highest BCUT2D eigenvalue weighted by Crippen LogP contribution is 2.27. The van der Waals surface area contributed by atoms with Gasteiger partial charge < -0.3 is 4.74 Å². The van der Waals surface area contributed by atoms with Crippen LogP contribution in [0.4, 0.5) is 0 Å². The van der Waals surface area contributed by atoms with Crippen molar-refractivity contribution < 1.29 is 4.74 Å². The number of aromatic nitrogens is 1. The van der Waals surface area contributed by atoms with Gasteiger partial charge in [-0.1, -0.05) is 29.8 Å². The zero-order chi connectivity index (χ0) is 12.4. The van der Waals surface area contributed by atoms with Gasteiger partial charge in [0, 0.05) is 6.07 Å². The predicted octanol–water partition coefficient (Wildman–Crippen LogP) is 4.03. The third kappa shape index (κ3) is 2.59. The molecule has 0 spiro atoms. The van der Waals surface area contributed by atoms with Crippen molar-refractivity contribution in [3.05, 3.63) is 46.6 Å². The molecule has 0 amide bonds. The Labute approximate surface area is 106 Å². The molecule has 1 heterocycles. The number of nitrogens with zero attached hydrogens (tertiary/aromatic N) is 1. The van der Waals surface area contributed by atoms with E-state index in [2.05, 4.69) is 37.0 Å². The predicted molar refractivity (Wildman–Crippen MR) is 70.7 cm³/mol. The van der Waals surface area contributed by atoms with Gasteiger partial charge in [0.2, 0.25) is 5.88 Å². The molecular weight excluding hydrogens is 234 g/mol. The largest absolute Gasteiger partial charge is 0.481 e. The Hall–Kier alpha value is -1.54. The van der Waals surface area contributed by atoms with E-state index in [9.17, 15) is 0 Å². The number of hydrogen-bond acceptors (Lipinski definition) is 2. The maximum absolute atomic E-state index is 5.96. The molecule has 88 valence electrons. The lowest BCUT2D eigenvalue weighted by molar-refractivity contribution is 0.398. The van der Waals surface area contributed by atoms with Gasteiger partial charge in [0.1, 0.15) is 5.15 Å². The lowest BCUT2D eigenvalue weighted by Crippen LogP contribution is -1.90. The zero-order valence-electron chi connectivity index (χ0n) is 10.1. The molecule has 0 bridgehead atoms. The molecule has 0 fully saturated rings. The summed E-state index contributed by atoms with van der Waals surface area (Å²) in [5, 5.41) is 0.442. The molecule has 1 aromatic heterocycles. The fourth-order valence-corrected chi connectivity index (χ4v) is 1.87. The molecule has 0 atom stereocenters. The molecule has 0 saturated carbocycles. The summed E-state index contributed by atoms with van der Waals surface area (Å²) >= 11 is 5.96. The minimum Gasteiger partial charge on any atom is -0.481 e. The van der Waals surface area contributed by atoms with Gasteiger partial charge in [0.25, 0.3) is 0 Å². The van der Waals surface area contributed by atoms with Crippen LogP contribution in [0, 0.1) is 13.8 Å². The Bertz CT molecular complexity index is 552. The first-order valence-electron chi connectivity index (χ1n) is 5.39. The molecular formula is C14H14ClNO. The van der Waals surface area contributed by atoms with Gasteiger partial charge >= 0.3 is 0 Å². The number of ether oxygens (including phenoxy) is 1. The third-order valence-electron chi connectivity index (χ3n) is 2.82. The zero-order valence-corrected chi connectivity index (χ0v) is 10.9. The molecule has 0 aliphatic heterocycles. The lowest BCUT2D eigenvalue weighted by Gasteiger charge is -2.07. The second kappa shape index (κ2) is 4.76. The summed E-state index contributed by atoms with van der Waals surface area (Å²) in [7, 11) is 1.59. The second-order valence-electron chi connectivity index (χ2n) is 4.02. The molecule has 0 aliphatic rings. The summed E-state index contributed by atoms with van der Waals surface area (Å²) in [4.78, 5) is 4.06. The molecule has 2 rings (SSSR count). The number of methoxy groups -OCH3 is 1. The number of rotatable bonds is 2. The Morgan fingerprint density at radius 3 is 2.41 bits per heavy atom. The van der Waals surface area contributed by atoms with Gasteiger partial charge in [-0.2, -0.15) is 0 Å². The van der Waals surface area contributed by atoms with Crippen LogP contribution < -0.4 is 4.74 Å². The van der Waals surface area contributed by atoms with Crippen molar-refractivity contribution in [3.63, 3.8) is 0 Å². The summed E-state index contributed by atoms with van der Waals surface area (Å²) in [5.41, 5.74) is 4.68. The van der Waals surface area contributed by atoms with Crippen molar-refractivity contribution in [3.8, 4) is 17.0 Å². The highest BCUT2D eigenvalue weighted by molar-refractivity contribution is 6.29. The number of pyridine rings is 1. The van der Waals surface area contributed by atoms with Crippen molar-refractivity contribution in [1.82, 2.24) is 4.98 Å². The number of halogens is 1. The van der Waals surface area contributed by atoms with Gasteiger partial charge in [-0.25, -0.2) is 4.98 Å².